The summed E-state index contributed by atoms with van der Waals surface area (Å²) in [6.45, 7) is 0.382. The summed E-state index contributed by atoms with van der Waals surface area (Å²) in [6.07, 6.45) is 0.0765. The van der Waals surface area contributed by atoms with Crippen LogP contribution in [0.25, 0.3) is 0 Å². The van der Waals surface area contributed by atoms with Crippen molar-refractivity contribution >= 4 is 11.8 Å². The van der Waals surface area contributed by atoms with E-state index in [-0.39, 0.29) is 25.4 Å². The van der Waals surface area contributed by atoms with E-state index in [1.807, 2.05) is 35.3 Å². The Hall–Kier alpha value is -2.90. The number of nitrogens with one attached hydrogen (secondary N) is 3. The first kappa shape index (κ1) is 14.5. The number of anilines is 1. The summed E-state index contributed by atoms with van der Waals surface area (Å²) in [5, 5.41) is 8.25. The van der Waals surface area contributed by atoms with Crippen LogP contribution >= 0.6 is 0 Å². The molecule has 0 amide bonds. The van der Waals surface area contributed by atoms with Crippen LogP contribution in [0, 0.1) is 0 Å². The Morgan fingerprint density at radius 3 is 2.71 bits per heavy atom. The van der Waals surface area contributed by atoms with Gasteiger partial charge < -0.3 is 10.1 Å². The molecule has 0 saturated carbocycles. The second kappa shape index (κ2) is 7.04. The fourth-order valence-corrected chi connectivity index (χ4v) is 1.56. The lowest BCUT2D eigenvalue weighted by Crippen LogP contribution is -2.27. The molecule has 21 heavy (non-hydrogen) atoms. The zero-order valence-corrected chi connectivity index (χ0v) is 11.1. The van der Waals surface area contributed by atoms with Crippen LogP contribution in [0.15, 0.2) is 39.9 Å². The summed E-state index contributed by atoms with van der Waals surface area (Å²) in [7, 11) is 0. The van der Waals surface area contributed by atoms with Crippen LogP contribution in [-0.4, -0.2) is 27.7 Å². The molecule has 110 valence electrons. The fraction of sp³-hybridized carbons (Fsp3) is 0.231. The highest BCUT2D eigenvalue weighted by atomic mass is 16.5. The number of benzene rings is 1. The minimum absolute atomic E-state index is 0.0505. The van der Waals surface area contributed by atoms with E-state index in [2.05, 4.69) is 15.5 Å². The number of aromatic amines is 2. The van der Waals surface area contributed by atoms with Gasteiger partial charge >= 0.3 is 11.7 Å². The summed E-state index contributed by atoms with van der Waals surface area (Å²) < 4.78 is 5.07. The van der Waals surface area contributed by atoms with Crippen LogP contribution in [0.4, 0.5) is 5.82 Å². The lowest BCUT2D eigenvalue weighted by Gasteiger charge is -2.05. The van der Waals surface area contributed by atoms with Crippen LogP contribution in [0.2, 0.25) is 0 Å². The molecule has 0 spiro atoms. The number of carbonyl (C=O) groups excluding carboxylic acids is 1. The van der Waals surface area contributed by atoms with E-state index in [1.165, 1.54) is 0 Å². The second-order valence-corrected chi connectivity index (χ2v) is 4.18. The highest BCUT2D eigenvalue weighted by Crippen LogP contribution is 2.01. The first-order chi connectivity index (χ1) is 10.1. The summed E-state index contributed by atoms with van der Waals surface area (Å²) in [5.74, 6) is -0.447. The number of nitrogens with zero attached hydrogens (tertiary/aromatic N) is 1. The molecule has 8 nitrogen and oxygen atoms in total. The van der Waals surface area contributed by atoms with E-state index >= 15 is 0 Å². The number of ether oxygens (including phenoxy) is 1. The van der Waals surface area contributed by atoms with Gasteiger partial charge in [-0.2, -0.15) is 0 Å². The Labute approximate surface area is 119 Å². The molecular weight excluding hydrogens is 276 g/mol. The third kappa shape index (κ3) is 4.60. The normalized spacial score (nSPS) is 10.1. The van der Waals surface area contributed by atoms with E-state index in [1.54, 1.807) is 0 Å². The fourth-order valence-electron chi connectivity index (χ4n) is 1.56. The number of hydrogen-bond acceptors (Lipinski definition) is 6. The molecule has 3 N–H and O–H groups in total. The van der Waals surface area contributed by atoms with Gasteiger partial charge in [-0.25, -0.2) is 9.89 Å². The Morgan fingerprint density at radius 2 is 2.00 bits per heavy atom. The van der Waals surface area contributed by atoms with Crippen molar-refractivity contribution < 1.29 is 9.53 Å². The minimum atomic E-state index is -0.687. The molecule has 0 bridgehead atoms. The molecular formula is C13H14N4O4. The molecule has 0 radical (unpaired) electrons. The van der Waals surface area contributed by atoms with E-state index in [0.29, 0.717) is 0 Å². The molecule has 1 aromatic heterocycles. The van der Waals surface area contributed by atoms with Gasteiger partial charge in [0.15, 0.2) is 0 Å². The Kier molecular flexibility index (Phi) is 4.86. The number of H-pyrrole nitrogens is 2. The van der Waals surface area contributed by atoms with Gasteiger partial charge in [-0.3, -0.25) is 14.6 Å². The molecule has 2 aromatic rings. The zero-order valence-electron chi connectivity index (χ0n) is 11.1. The maximum absolute atomic E-state index is 11.5. The quantitative estimate of drug-likeness (QED) is 0.645. The predicted octanol–water partition coefficient (Wildman–Crippen LogP) is 0.00360. The first-order valence-corrected chi connectivity index (χ1v) is 6.27. The number of aromatic nitrogens is 3. The summed E-state index contributed by atoms with van der Waals surface area (Å²) in [6, 6.07) is 9.31. The third-order valence-electron chi connectivity index (χ3n) is 2.58. The van der Waals surface area contributed by atoms with Crippen LogP contribution in [0.3, 0.4) is 0 Å². The van der Waals surface area contributed by atoms with Crippen LogP contribution in [0.5, 0.6) is 0 Å². The Bertz CT molecular complexity index is 708. The van der Waals surface area contributed by atoms with Crippen LogP contribution in [0.1, 0.15) is 12.0 Å². The topological polar surface area (TPSA) is 117 Å². The highest BCUT2D eigenvalue weighted by molar-refractivity contribution is 5.70. The van der Waals surface area contributed by atoms with Gasteiger partial charge in [-0.05, 0) is 5.56 Å². The molecule has 0 aliphatic heterocycles. The molecule has 0 unspecified atom stereocenters. The van der Waals surface area contributed by atoms with Crippen LogP contribution < -0.4 is 16.6 Å². The largest absolute Gasteiger partial charge is 0.461 e. The molecule has 1 heterocycles. The maximum atomic E-state index is 11.5. The minimum Gasteiger partial charge on any atom is -0.461 e. The van der Waals surface area contributed by atoms with Gasteiger partial charge in [0, 0.05) is 6.54 Å². The number of carbonyl (C=O) groups is 1. The molecule has 0 fully saturated rings. The molecule has 0 atom stereocenters. The average Bonchev–Trinajstić information content (AvgIpc) is 2.48. The second-order valence-electron chi connectivity index (χ2n) is 4.18. The molecule has 0 saturated heterocycles. The lowest BCUT2D eigenvalue weighted by molar-refractivity contribution is -0.144. The first-order valence-electron chi connectivity index (χ1n) is 6.27. The van der Waals surface area contributed by atoms with E-state index in [4.69, 9.17) is 4.74 Å². The molecule has 1 aromatic carbocycles. The van der Waals surface area contributed by atoms with E-state index in [0.717, 1.165) is 5.56 Å². The van der Waals surface area contributed by atoms with Crippen molar-refractivity contribution in [3.05, 3.63) is 56.7 Å². The summed E-state index contributed by atoms with van der Waals surface area (Å²) >= 11 is 0. The van der Waals surface area contributed by atoms with Crippen molar-refractivity contribution in [1.82, 2.24) is 15.2 Å². The van der Waals surface area contributed by atoms with Crippen molar-refractivity contribution in [2.75, 3.05) is 11.9 Å². The van der Waals surface area contributed by atoms with Gasteiger partial charge in [0.1, 0.15) is 6.61 Å². The summed E-state index contributed by atoms with van der Waals surface area (Å²) in [4.78, 5) is 35.6. The lowest BCUT2D eigenvalue weighted by atomic mass is 10.2. The molecule has 2 rings (SSSR count). The third-order valence-corrected chi connectivity index (χ3v) is 2.58. The molecule has 8 heteroatoms. The van der Waals surface area contributed by atoms with Crippen molar-refractivity contribution in [1.29, 1.82) is 0 Å². The zero-order chi connectivity index (χ0) is 15.1. The SMILES string of the molecule is O=C(CCNc1n[nH]c(=O)[nH]c1=O)OCc1ccccc1. The average molecular weight is 290 g/mol. The van der Waals surface area contributed by atoms with Gasteiger partial charge in [0.05, 0.1) is 6.42 Å². The van der Waals surface area contributed by atoms with Gasteiger partial charge in [0.2, 0.25) is 5.82 Å². The molecule has 0 aliphatic carbocycles. The Balaban J connectivity index is 1.74. The van der Waals surface area contributed by atoms with Crippen molar-refractivity contribution in [2.24, 2.45) is 0 Å². The van der Waals surface area contributed by atoms with Gasteiger partial charge in [-0.15, -0.1) is 5.10 Å². The smallest absolute Gasteiger partial charge is 0.342 e. The number of esters is 1. The number of rotatable bonds is 6. The Morgan fingerprint density at radius 1 is 1.24 bits per heavy atom. The van der Waals surface area contributed by atoms with Crippen molar-refractivity contribution in [3.8, 4) is 0 Å². The summed E-state index contributed by atoms with van der Waals surface area (Å²) in [5.41, 5.74) is -0.429. The maximum Gasteiger partial charge on any atom is 0.342 e. The number of hydrogen-bond donors (Lipinski definition) is 3. The predicted molar refractivity (Wildman–Crippen MR) is 74.8 cm³/mol. The van der Waals surface area contributed by atoms with Gasteiger partial charge in [-0.1, -0.05) is 30.3 Å². The van der Waals surface area contributed by atoms with Crippen molar-refractivity contribution in [3.63, 3.8) is 0 Å². The highest BCUT2D eigenvalue weighted by Gasteiger charge is 2.05. The van der Waals surface area contributed by atoms with E-state index < -0.39 is 17.2 Å². The molecule has 0 aliphatic rings. The standard InChI is InChI=1S/C13H14N4O4/c18-10(21-8-9-4-2-1-3-5-9)6-7-14-11-12(19)15-13(20)17-16-11/h1-5H,6-8H2,(H,14,16)(H2,15,17,19,20). The van der Waals surface area contributed by atoms with Gasteiger partial charge in [0.25, 0.3) is 5.56 Å². The van der Waals surface area contributed by atoms with Crippen molar-refractivity contribution in [2.45, 2.75) is 13.0 Å². The van der Waals surface area contributed by atoms with Crippen LogP contribution in [-0.2, 0) is 16.1 Å². The van der Waals surface area contributed by atoms with E-state index in [9.17, 15) is 14.4 Å². The monoisotopic (exact) mass is 290 g/mol.